The maximum Gasteiger partial charge on any atom is 0.275 e. The van der Waals surface area contributed by atoms with Crippen molar-refractivity contribution >= 4 is 16.8 Å². The topological polar surface area (TPSA) is 51.2 Å². The van der Waals surface area contributed by atoms with Gasteiger partial charge in [0, 0.05) is 16.5 Å². The molecule has 0 aliphatic rings. The van der Waals surface area contributed by atoms with Gasteiger partial charge in [0.15, 0.2) is 0 Å². The van der Waals surface area contributed by atoms with E-state index in [0.717, 1.165) is 11.1 Å². The Morgan fingerprint density at radius 2 is 1.71 bits per heavy atom. The third-order valence-electron chi connectivity index (χ3n) is 5.07. The zero-order valence-electron chi connectivity index (χ0n) is 17.1. The molecule has 1 heterocycles. The van der Waals surface area contributed by atoms with Crippen LogP contribution in [0.5, 0.6) is 0 Å². The molecule has 0 radical (unpaired) electrons. The third kappa shape index (κ3) is 4.02. The summed E-state index contributed by atoms with van der Waals surface area (Å²) in [6.45, 7) is 3.81. The molecule has 4 aromatic rings. The lowest BCUT2D eigenvalue weighted by molar-refractivity contribution is 0.0365. The fraction of sp³-hybridized carbons (Fsp3) is 0.120. The lowest BCUT2D eigenvalue weighted by Gasteiger charge is -2.15. The number of nitrogens with one attached hydrogen (secondary N) is 1. The Morgan fingerprint density at radius 1 is 1.00 bits per heavy atom. The standard InChI is InChI=1S/C25H20F2N2O2/c1-3-31-29-25(30)23-15(2)24(28-22-13-12-18(26)14-20(22)23)17-10-8-16(9-11-17)19-6-4-5-7-21(19)27/h4-14H,3H2,1-2H3,(H,29,30). The van der Waals surface area contributed by atoms with Crippen LogP contribution in [0.4, 0.5) is 8.78 Å². The Hall–Kier alpha value is -3.64. The first-order valence-electron chi connectivity index (χ1n) is 9.87. The third-order valence-corrected chi connectivity index (χ3v) is 5.07. The van der Waals surface area contributed by atoms with Gasteiger partial charge in [0.1, 0.15) is 11.6 Å². The number of halogens is 2. The zero-order valence-corrected chi connectivity index (χ0v) is 17.1. The van der Waals surface area contributed by atoms with Crippen LogP contribution in [0.1, 0.15) is 22.8 Å². The zero-order chi connectivity index (χ0) is 22.0. The molecule has 0 aliphatic carbocycles. The van der Waals surface area contributed by atoms with Gasteiger partial charge in [0.2, 0.25) is 0 Å². The number of hydrogen-bond donors (Lipinski definition) is 1. The average molecular weight is 418 g/mol. The second-order valence-electron chi connectivity index (χ2n) is 7.04. The summed E-state index contributed by atoms with van der Waals surface area (Å²) in [6.07, 6.45) is 0. The van der Waals surface area contributed by atoms with Gasteiger partial charge in [-0.05, 0) is 49.2 Å². The van der Waals surface area contributed by atoms with E-state index < -0.39 is 11.7 Å². The van der Waals surface area contributed by atoms with Gasteiger partial charge in [-0.3, -0.25) is 9.63 Å². The van der Waals surface area contributed by atoms with Crippen LogP contribution in [-0.2, 0) is 4.84 Å². The minimum absolute atomic E-state index is 0.297. The minimum Gasteiger partial charge on any atom is -0.274 e. The van der Waals surface area contributed by atoms with Crippen LogP contribution in [0.15, 0.2) is 66.7 Å². The molecule has 1 aromatic heterocycles. The molecule has 0 aliphatic heterocycles. The van der Waals surface area contributed by atoms with E-state index in [1.807, 2.05) is 24.3 Å². The van der Waals surface area contributed by atoms with Gasteiger partial charge in [-0.25, -0.2) is 19.2 Å². The first-order valence-corrected chi connectivity index (χ1v) is 9.87. The molecule has 0 saturated carbocycles. The SMILES string of the molecule is CCONC(=O)c1c(C)c(-c2ccc(-c3ccccc3F)cc2)nc2ccc(F)cc12. The minimum atomic E-state index is -0.471. The summed E-state index contributed by atoms with van der Waals surface area (Å²) in [4.78, 5) is 22.5. The number of carbonyl (C=O) groups excluding carboxylic acids is 1. The van der Waals surface area contributed by atoms with Crippen molar-refractivity contribution in [2.75, 3.05) is 6.61 Å². The van der Waals surface area contributed by atoms with Crippen molar-refractivity contribution in [1.29, 1.82) is 0 Å². The van der Waals surface area contributed by atoms with E-state index in [2.05, 4.69) is 10.5 Å². The normalized spacial score (nSPS) is 11.0. The number of amides is 1. The van der Waals surface area contributed by atoms with Crippen molar-refractivity contribution in [1.82, 2.24) is 10.5 Å². The predicted molar refractivity (Wildman–Crippen MR) is 116 cm³/mol. The molecule has 0 atom stereocenters. The summed E-state index contributed by atoms with van der Waals surface area (Å²) < 4.78 is 28.0. The number of carbonyl (C=O) groups is 1. The quantitative estimate of drug-likeness (QED) is 0.415. The predicted octanol–water partition coefficient (Wildman–Crippen LogP) is 5.84. The fourth-order valence-electron chi connectivity index (χ4n) is 3.60. The fourth-order valence-corrected chi connectivity index (χ4v) is 3.60. The van der Waals surface area contributed by atoms with Crippen LogP contribution < -0.4 is 5.48 Å². The van der Waals surface area contributed by atoms with Crippen molar-refractivity contribution in [2.24, 2.45) is 0 Å². The van der Waals surface area contributed by atoms with E-state index in [1.165, 1.54) is 18.2 Å². The van der Waals surface area contributed by atoms with Crippen LogP contribution in [0.25, 0.3) is 33.3 Å². The second-order valence-corrected chi connectivity index (χ2v) is 7.04. The van der Waals surface area contributed by atoms with Gasteiger partial charge in [0.25, 0.3) is 5.91 Å². The number of benzene rings is 3. The maximum absolute atomic E-state index is 14.1. The second kappa shape index (κ2) is 8.62. The van der Waals surface area contributed by atoms with E-state index >= 15 is 0 Å². The van der Waals surface area contributed by atoms with Gasteiger partial charge in [0.05, 0.1) is 23.4 Å². The number of fused-ring (bicyclic) bond motifs is 1. The Kier molecular flexibility index (Phi) is 5.73. The average Bonchev–Trinajstić information content (AvgIpc) is 2.77. The van der Waals surface area contributed by atoms with Gasteiger partial charge < -0.3 is 0 Å². The monoisotopic (exact) mass is 418 g/mol. The molecule has 3 aromatic carbocycles. The van der Waals surface area contributed by atoms with Crippen LogP contribution >= 0.6 is 0 Å². The number of hydrogen-bond acceptors (Lipinski definition) is 3. The van der Waals surface area contributed by atoms with Crippen molar-refractivity contribution in [3.63, 3.8) is 0 Å². The van der Waals surface area contributed by atoms with E-state index in [4.69, 9.17) is 4.84 Å². The summed E-state index contributed by atoms with van der Waals surface area (Å²) >= 11 is 0. The summed E-state index contributed by atoms with van der Waals surface area (Å²) in [7, 11) is 0. The van der Waals surface area contributed by atoms with E-state index in [0.29, 0.717) is 39.9 Å². The molecule has 6 heteroatoms. The summed E-state index contributed by atoms with van der Waals surface area (Å²) in [5, 5.41) is 0.404. The van der Waals surface area contributed by atoms with Crippen LogP contribution in [0, 0.1) is 18.6 Å². The highest BCUT2D eigenvalue weighted by atomic mass is 19.1. The lowest BCUT2D eigenvalue weighted by Crippen LogP contribution is -2.25. The van der Waals surface area contributed by atoms with Gasteiger partial charge in [-0.1, -0.05) is 42.5 Å². The molecule has 0 saturated heterocycles. The van der Waals surface area contributed by atoms with Crippen molar-refractivity contribution in [3.8, 4) is 22.4 Å². The van der Waals surface area contributed by atoms with E-state index in [-0.39, 0.29) is 5.82 Å². The Labute approximate surface area is 178 Å². The number of pyridine rings is 1. The number of hydroxylamine groups is 1. The molecule has 1 amide bonds. The highest BCUT2D eigenvalue weighted by molar-refractivity contribution is 6.08. The van der Waals surface area contributed by atoms with Gasteiger partial charge in [-0.15, -0.1) is 0 Å². The molecule has 0 unspecified atom stereocenters. The molecule has 0 fully saturated rings. The highest BCUT2D eigenvalue weighted by Crippen LogP contribution is 2.32. The molecule has 0 spiro atoms. The molecule has 156 valence electrons. The Bertz CT molecular complexity index is 1270. The van der Waals surface area contributed by atoms with Crippen LogP contribution in [0.2, 0.25) is 0 Å². The molecular formula is C25H20F2N2O2. The van der Waals surface area contributed by atoms with Crippen LogP contribution in [-0.4, -0.2) is 17.5 Å². The summed E-state index contributed by atoms with van der Waals surface area (Å²) in [5.74, 6) is -1.23. The number of aromatic nitrogens is 1. The van der Waals surface area contributed by atoms with Gasteiger partial charge >= 0.3 is 0 Å². The first kappa shape index (κ1) is 20.6. The Balaban J connectivity index is 1.84. The molecule has 1 N–H and O–H groups in total. The molecule has 4 nitrogen and oxygen atoms in total. The van der Waals surface area contributed by atoms with Crippen LogP contribution in [0.3, 0.4) is 0 Å². The smallest absolute Gasteiger partial charge is 0.274 e. The van der Waals surface area contributed by atoms with Gasteiger partial charge in [-0.2, -0.15) is 0 Å². The van der Waals surface area contributed by atoms with Crippen molar-refractivity contribution in [3.05, 3.63) is 89.5 Å². The summed E-state index contributed by atoms with van der Waals surface area (Å²) in [5.41, 5.74) is 6.34. The number of nitrogens with zero attached hydrogens (tertiary/aromatic N) is 1. The molecule has 31 heavy (non-hydrogen) atoms. The lowest BCUT2D eigenvalue weighted by atomic mass is 9.96. The molecule has 4 rings (SSSR count). The summed E-state index contributed by atoms with van der Waals surface area (Å²) in [6, 6.07) is 18.0. The molecule has 0 bridgehead atoms. The van der Waals surface area contributed by atoms with E-state index in [1.54, 1.807) is 38.1 Å². The van der Waals surface area contributed by atoms with Crippen molar-refractivity contribution in [2.45, 2.75) is 13.8 Å². The molecular weight excluding hydrogens is 398 g/mol. The first-order chi connectivity index (χ1) is 15.0. The number of rotatable bonds is 5. The maximum atomic E-state index is 14.1. The van der Waals surface area contributed by atoms with Crippen molar-refractivity contribution < 1.29 is 18.4 Å². The van der Waals surface area contributed by atoms with E-state index in [9.17, 15) is 13.6 Å². The largest absolute Gasteiger partial charge is 0.275 e. The highest BCUT2D eigenvalue weighted by Gasteiger charge is 2.20. The Morgan fingerprint density at radius 3 is 2.42 bits per heavy atom.